The van der Waals surface area contributed by atoms with Crippen molar-refractivity contribution >= 4 is 23.0 Å². The number of aryl methyl sites for hydroxylation is 1. The predicted octanol–water partition coefficient (Wildman–Crippen LogP) is 2.24. The smallest absolute Gasteiger partial charge is 0.186 e. The standard InChI is InChI=1S/C15H16N4S/c1-11-6-8-12(9-7-11)14(18-19-15(20)16-2)13-5-3-4-10-17-13/h3-10H,1-2H3,(H2,16,19,20)/b18-14+. The van der Waals surface area contributed by atoms with Crippen LogP contribution < -0.4 is 10.7 Å². The Hall–Kier alpha value is -2.27. The summed E-state index contributed by atoms with van der Waals surface area (Å²) in [6.45, 7) is 2.05. The van der Waals surface area contributed by atoms with Gasteiger partial charge in [-0.2, -0.15) is 5.10 Å². The zero-order chi connectivity index (χ0) is 14.4. The Bertz CT molecular complexity index is 606. The lowest BCUT2D eigenvalue weighted by Crippen LogP contribution is -2.29. The van der Waals surface area contributed by atoms with Crippen molar-refractivity contribution in [2.75, 3.05) is 7.05 Å². The largest absolute Gasteiger partial charge is 0.364 e. The maximum absolute atomic E-state index is 5.04. The number of nitrogens with zero attached hydrogens (tertiary/aromatic N) is 2. The normalized spacial score (nSPS) is 11.0. The van der Waals surface area contributed by atoms with Gasteiger partial charge in [0.05, 0.1) is 5.69 Å². The van der Waals surface area contributed by atoms with Crippen molar-refractivity contribution in [2.45, 2.75) is 6.92 Å². The highest BCUT2D eigenvalue weighted by molar-refractivity contribution is 7.80. The van der Waals surface area contributed by atoms with E-state index in [0.717, 1.165) is 17.0 Å². The molecule has 2 N–H and O–H groups in total. The molecule has 0 aliphatic rings. The van der Waals surface area contributed by atoms with Crippen LogP contribution in [0.3, 0.4) is 0 Å². The summed E-state index contributed by atoms with van der Waals surface area (Å²) in [6, 6.07) is 13.9. The van der Waals surface area contributed by atoms with Gasteiger partial charge in [-0.25, -0.2) is 0 Å². The van der Waals surface area contributed by atoms with E-state index in [4.69, 9.17) is 12.2 Å². The van der Waals surface area contributed by atoms with E-state index in [1.54, 1.807) is 13.2 Å². The van der Waals surface area contributed by atoms with Gasteiger partial charge in [-0.3, -0.25) is 10.4 Å². The molecule has 0 spiro atoms. The van der Waals surface area contributed by atoms with Gasteiger partial charge in [0.1, 0.15) is 5.71 Å². The fourth-order valence-corrected chi connectivity index (χ4v) is 1.69. The number of aromatic nitrogens is 1. The Morgan fingerprint density at radius 1 is 1.15 bits per heavy atom. The van der Waals surface area contributed by atoms with Gasteiger partial charge in [0.15, 0.2) is 5.11 Å². The highest BCUT2D eigenvalue weighted by Gasteiger charge is 2.08. The molecule has 20 heavy (non-hydrogen) atoms. The molecule has 1 aromatic heterocycles. The number of hydrazone groups is 1. The molecule has 0 atom stereocenters. The average molecular weight is 284 g/mol. The number of hydrogen-bond acceptors (Lipinski definition) is 3. The number of hydrogen-bond donors (Lipinski definition) is 2. The third kappa shape index (κ3) is 3.61. The van der Waals surface area contributed by atoms with Crippen molar-refractivity contribution in [2.24, 2.45) is 5.10 Å². The molecule has 0 saturated heterocycles. The number of rotatable bonds is 3. The van der Waals surface area contributed by atoms with Crippen LogP contribution in [0.15, 0.2) is 53.8 Å². The molecule has 0 fully saturated rings. The Balaban J connectivity index is 2.39. The van der Waals surface area contributed by atoms with Gasteiger partial charge in [-0.1, -0.05) is 35.9 Å². The molecule has 0 saturated carbocycles. The van der Waals surface area contributed by atoms with Crippen LogP contribution >= 0.6 is 12.2 Å². The summed E-state index contributed by atoms with van der Waals surface area (Å²) >= 11 is 5.04. The minimum Gasteiger partial charge on any atom is -0.364 e. The topological polar surface area (TPSA) is 49.3 Å². The molecule has 0 amide bonds. The van der Waals surface area contributed by atoms with Crippen molar-refractivity contribution in [3.63, 3.8) is 0 Å². The number of nitrogens with one attached hydrogen (secondary N) is 2. The van der Waals surface area contributed by atoms with E-state index >= 15 is 0 Å². The summed E-state index contributed by atoms with van der Waals surface area (Å²) in [6.07, 6.45) is 1.75. The Morgan fingerprint density at radius 3 is 2.50 bits per heavy atom. The zero-order valence-electron chi connectivity index (χ0n) is 11.4. The first-order valence-corrected chi connectivity index (χ1v) is 6.65. The molecule has 4 nitrogen and oxygen atoms in total. The minimum atomic E-state index is 0.463. The Labute approximate surface area is 123 Å². The van der Waals surface area contributed by atoms with Crippen molar-refractivity contribution in [1.82, 2.24) is 15.7 Å². The Morgan fingerprint density at radius 2 is 1.90 bits per heavy atom. The monoisotopic (exact) mass is 284 g/mol. The second kappa shape index (κ2) is 6.77. The summed E-state index contributed by atoms with van der Waals surface area (Å²) in [5.41, 5.74) is 6.55. The lowest BCUT2D eigenvalue weighted by atomic mass is 10.1. The summed E-state index contributed by atoms with van der Waals surface area (Å²) < 4.78 is 0. The second-order valence-corrected chi connectivity index (χ2v) is 4.64. The van der Waals surface area contributed by atoms with Crippen LogP contribution in [-0.4, -0.2) is 22.9 Å². The molecule has 5 heteroatoms. The van der Waals surface area contributed by atoms with Gasteiger partial charge in [-0.15, -0.1) is 0 Å². The lowest BCUT2D eigenvalue weighted by Gasteiger charge is -2.08. The van der Waals surface area contributed by atoms with Crippen LogP contribution in [0.1, 0.15) is 16.8 Å². The van der Waals surface area contributed by atoms with Crippen molar-refractivity contribution < 1.29 is 0 Å². The maximum Gasteiger partial charge on any atom is 0.186 e. The third-order valence-corrected chi connectivity index (χ3v) is 3.02. The van der Waals surface area contributed by atoms with Crippen LogP contribution in [0.25, 0.3) is 0 Å². The van der Waals surface area contributed by atoms with E-state index in [-0.39, 0.29) is 0 Å². The highest BCUT2D eigenvalue weighted by atomic mass is 32.1. The van der Waals surface area contributed by atoms with Crippen molar-refractivity contribution in [3.8, 4) is 0 Å². The molecule has 0 aliphatic carbocycles. The molecule has 2 rings (SSSR count). The molecule has 1 aromatic carbocycles. The van der Waals surface area contributed by atoms with Crippen molar-refractivity contribution in [3.05, 3.63) is 65.5 Å². The van der Waals surface area contributed by atoms with E-state index in [9.17, 15) is 0 Å². The quantitative estimate of drug-likeness (QED) is 0.515. The molecular formula is C15H16N4S. The third-order valence-electron chi connectivity index (χ3n) is 2.73. The fourth-order valence-electron chi connectivity index (χ4n) is 1.65. The Kier molecular flexibility index (Phi) is 4.79. The van der Waals surface area contributed by atoms with Gasteiger partial charge in [0.2, 0.25) is 0 Å². The number of pyridine rings is 1. The average Bonchev–Trinajstić information content (AvgIpc) is 2.50. The lowest BCUT2D eigenvalue weighted by molar-refractivity contribution is 0.973. The van der Waals surface area contributed by atoms with Crippen LogP contribution in [0, 0.1) is 6.92 Å². The highest BCUT2D eigenvalue weighted by Crippen LogP contribution is 2.10. The van der Waals surface area contributed by atoms with E-state index in [1.165, 1.54) is 5.56 Å². The van der Waals surface area contributed by atoms with Crippen LogP contribution in [0.4, 0.5) is 0 Å². The number of thiocarbonyl (C=S) groups is 1. The first kappa shape index (κ1) is 14.1. The SMILES string of the molecule is CNC(=S)N/N=C(\c1ccc(C)cc1)c1ccccn1. The molecule has 0 bridgehead atoms. The van der Waals surface area contributed by atoms with Gasteiger partial charge >= 0.3 is 0 Å². The molecular weight excluding hydrogens is 268 g/mol. The summed E-state index contributed by atoms with van der Waals surface area (Å²) in [4.78, 5) is 4.35. The molecule has 1 heterocycles. The summed E-state index contributed by atoms with van der Waals surface area (Å²) in [5, 5.41) is 7.65. The molecule has 0 unspecified atom stereocenters. The first-order chi connectivity index (χ1) is 9.70. The zero-order valence-corrected chi connectivity index (χ0v) is 12.2. The second-order valence-electron chi connectivity index (χ2n) is 4.23. The summed E-state index contributed by atoms with van der Waals surface area (Å²) in [5.74, 6) is 0. The van der Waals surface area contributed by atoms with E-state index < -0.39 is 0 Å². The first-order valence-electron chi connectivity index (χ1n) is 6.24. The van der Waals surface area contributed by atoms with E-state index in [2.05, 4.69) is 27.8 Å². The van der Waals surface area contributed by atoms with Crippen LogP contribution in [0.5, 0.6) is 0 Å². The molecule has 2 aromatic rings. The predicted molar refractivity (Wildman–Crippen MR) is 85.8 cm³/mol. The van der Waals surface area contributed by atoms with Gasteiger partial charge < -0.3 is 5.32 Å². The summed E-state index contributed by atoms with van der Waals surface area (Å²) in [7, 11) is 1.75. The fraction of sp³-hybridized carbons (Fsp3) is 0.133. The van der Waals surface area contributed by atoms with Crippen LogP contribution in [-0.2, 0) is 0 Å². The van der Waals surface area contributed by atoms with Crippen molar-refractivity contribution in [1.29, 1.82) is 0 Å². The van der Waals surface area contributed by atoms with Gasteiger partial charge in [0.25, 0.3) is 0 Å². The van der Waals surface area contributed by atoms with E-state index in [1.807, 2.05) is 42.5 Å². The molecule has 0 aliphatic heterocycles. The van der Waals surface area contributed by atoms with Crippen LogP contribution in [0.2, 0.25) is 0 Å². The van der Waals surface area contributed by atoms with E-state index in [0.29, 0.717) is 5.11 Å². The number of benzene rings is 1. The minimum absolute atomic E-state index is 0.463. The van der Waals surface area contributed by atoms with Gasteiger partial charge in [0, 0.05) is 18.8 Å². The maximum atomic E-state index is 5.04. The molecule has 0 radical (unpaired) electrons. The molecule has 102 valence electrons. The van der Waals surface area contributed by atoms with Gasteiger partial charge in [-0.05, 0) is 31.3 Å².